The van der Waals surface area contributed by atoms with Gasteiger partial charge in [0.1, 0.15) is 0 Å². The van der Waals surface area contributed by atoms with Crippen LogP contribution >= 0.6 is 10.9 Å². The summed E-state index contributed by atoms with van der Waals surface area (Å²) in [5.74, 6) is 0. The molecular formula is C4H11NO2S. The number of rotatable bonds is 0. The molecule has 0 aliphatic carbocycles. The fourth-order valence-electron chi connectivity index (χ4n) is 0.289. The molecule has 0 aromatic rings. The van der Waals surface area contributed by atoms with Gasteiger partial charge in [-0.3, -0.25) is 10.0 Å². The summed E-state index contributed by atoms with van der Waals surface area (Å²) in [4.78, 5) is 10.5. The van der Waals surface area contributed by atoms with Gasteiger partial charge in [0.25, 0.3) is 5.24 Å². The molecule has 0 aliphatic heterocycles. The largest absolute Gasteiger partial charge is 0.286 e. The quantitative estimate of drug-likeness (QED) is 0.293. The average molecular weight is 137 g/mol. The molecule has 0 saturated heterocycles. The number of carbonyl (C=O) groups excluding carboxylic acids is 1. The van der Waals surface area contributed by atoms with Crippen molar-refractivity contribution < 1.29 is 10.0 Å². The van der Waals surface area contributed by atoms with E-state index in [9.17, 15) is 4.79 Å². The first-order valence-electron chi connectivity index (χ1n) is 2.19. The van der Waals surface area contributed by atoms with Gasteiger partial charge in [0.2, 0.25) is 0 Å². The van der Waals surface area contributed by atoms with Crippen molar-refractivity contribution in [2.75, 3.05) is 19.6 Å². The Kier molecular flexibility index (Phi) is 2.86. The zero-order valence-corrected chi connectivity index (χ0v) is 6.14. The van der Waals surface area contributed by atoms with Crippen LogP contribution in [-0.4, -0.2) is 35.1 Å². The number of thiol groups is 1. The number of hydrogen-bond acceptors (Lipinski definition) is 2. The van der Waals surface area contributed by atoms with Gasteiger partial charge in [-0.1, -0.05) is 0 Å². The molecule has 0 radical (unpaired) electrons. The first-order chi connectivity index (χ1) is 3.55. The van der Waals surface area contributed by atoms with Crippen LogP contribution < -0.4 is 0 Å². The highest BCUT2D eigenvalue weighted by Gasteiger charge is 2.05. The van der Waals surface area contributed by atoms with Crippen LogP contribution in [0.15, 0.2) is 0 Å². The van der Waals surface area contributed by atoms with E-state index in [1.807, 2.05) is 0 Å². The Morgan fingerprint density at radius 2 is 2.00 bits per heavy atom. The predicted molar refractivity (Wildman–Crippen MR) is 35.8 cm³/mol. The molecule has 0 unspecified atom stereocenters. The summed E-state index contributed by atoms with van der Waals surface area (Å²) in [7, 11) is 0.674. The van der Waals surface area contributed by atoms with E-state index in [4.69, 9.17) is 5.21 Å². The second-order valence-corrected chi connectivity index (χ2v) is 3.87. The Labute approximate surface area is 51.6 Å². The van der Waals surface area contributed by atoms with Gasteiger partial charge in [0, 0.05) is 7.05 Å². The van der Waals surface area contributed by atoms with Gasteiger partial charge < -0.3 is 0 Å². The highest BCUT2D eigenvalue weighted by atomic mass is 32.2. The third kappa shape index (κ3) is 2.18. The smallest absolute Gasteiger partial charge is 0.284 e. The van der Waals surface area contributed by atoms with E-state index in [1.165, 1.54) is 7.05 Å². The first kappa shape index (κ1) is 7.78. The molecule has 1 amide bonds. The zero-order valence-electron chi connectivity index (χ0n) is 5.25. The van der Waals surface area contributed by atoms with Crippen molar-refractivity contribution in [2.24, 2.45) is 0 Å². The highest BCUT2D eigenvalue weighted by Crippen LogP contribution is 2.16. The van der Waals surface area contributed by atoms with E-state index in [1.54, 1.807) is 12.5 Å². The highest BCUT2D eigenvalue weighted by molar-refractivity contribution is 8.28. The molecule has 0 aromatic carbocycles. The summed E-state index contributed by atoms with van der Waals surface area (Å²) >= 11 is 0. The molecule has 8 heavy (non-hydrogen) atoms. The molecule has 0 aromatic heterocycles. The molecule has 0 heterocycles. The van der Waals surface area contributed by atoms with E-state index >= 15 is 0 Å². The van der Waals surface area contributed by atoms with Crippen molar-refractivity contribution in [1.29, 1.82) is 0 Å². The zero-order chi connectivity index (χ0) is 6.73. The van der Waals surface area contributed by atoms with Gasteiger partial charge in [-0.05, 0) is 12.5 Å². The van der Waals surface area contributed by atoms with Gasteiger partial charge >= 0.3 is 0 Å². The molecule has 50 valence electrons. The van der Waals surface area contributed by atoms with Crippen molar-refractivity contribution >= 4 is 16.1 Å². The van der Waals surface area contributed by atoms with Crippen molar-refractivity contribution in [3.05, 3.63) is 0 Å². The van der Waals surface area contributed by atoms with Crippen LogP contribution in [0.2, 0.25) is 0 Å². The molecule has 0 fully saturated rings. The van der Waals surface area contributed by atoms with Crippen LogP contribution in [0, 0.1) is 0 Å². The van der Waals surface area contributed by atoms with Crippen LogP contribution in [0.5, 0.6) is 0 Å². The lowest BCUT2D eigenvalue weighted by atomic mass is 11.2. The van der Waals surface area contributed by atoms with E-state index in [0.29, 0.717) is 5.06 Å². The summed E-state index contributed by atoms with van der Waals surface area (Å²) in [6.07, 6.45) is 3.59. The molecule has 0 rings (SSSR count). The second kappa shape index (κ2) is 2.94. The summed E-state index contributed by atoms with van der Waals surface area (Å²) in [5, 5.41) is 8.93. The van der Waals surface area contributed by atoms with E-state index in [2.05, 4.69) is 0 Å². The lowest BCUT2D eigenvalue weighted by molar-refractivity contribution is -0.00566. The number of nitrogens with zero attached hydrogens (tertiary/aromatic N) is 1. The minimum atomic E-state index is -0.664. The van der Waals surface area contributed by atoms with Crippen LogP contribution in [0.3, 0.4) is 0 Å². The fourth-order valence-corrected chi connectivity index (χ4v) is 0.868. The maximum absolute atomic E-state index is 10.5. The van der Waals surface area contributed by atoms with Gasteiger partial charge in [0.05, 0.1) is 0 Å². The first-order valence-corrected chi connectivity index (χ1v) is 4.43. The summed E-state index contributed by atoms with van der Waals surface area (Å²) in [5.41, 5.74) is 0. The van der Waals surface area contributed by atoms with Crippen LogP contribution in [0.25, 0.3) is 0 Å². The fraction of sp³-hybridized carbons (Fsp3) is 0.750. The van der Waals surface area contributed by atoms with Crippen molar-refractivity contribution in [3.8, 4) is 0 Å². The standard InChI is InChI=1S/C4H11NO2S/c1-5(7)4(6)8(2)3/h7-8H,1-3H3. The van der Waals surface area contributed by atoms with Crippen LogP contribution in [-0.2, 0) is 0 Å². The lowest BCUT2D eigenvalue weighted by Crippen LogP contribution is -2.19. The Morgan fingerprint density at radius 1 is 1.62 bits per heavy atom. The van der Waals surface area contributed by atoms with Crippen molar-refractivity contribution in [1.82, 2.24) is 5.06 Å². The second-order valence-electron chi connectivity index (χ2n) is 1.70. The maximum atomic E-state index is 10.5. The summed E-state index contributed by atoms with van der Waals surface area (Å²) in [6, 6.07) is 0. The third-order valence-corrected chi connectivity index (χ3v) is 1.71. The molecular weight excluding hydrogens is 126 g/mol. The van der Waals surface area contributed by atoms with Gasteiger partial charge in [0.15, 0.2) is 0 Å². The molecule has 0 saturated carbocycles. The lowest BCUT2D eigenvalue weighted by Gasteiger charge is -2.12. The van der Waals surface area contributed by atoms with Gasteiger partial charge in [-0.15, -0.1) is 0 Å². The summed E-state index contributed by atoms with van der Waals surface area (Å²) in [6.45, 7) is 0. The number of amides is 1. The van der Waals surface area contributed by atoms with Crippen LogP contribution in [0.4, 0.5) is 4.79 Å². The van der Waals surface area contributed by atoms with Gasteiger partial charge in [-0.25, -0.2) is 5.06 Å². The predicted octanol–water partition coefficient (Wildman–Crippen LogP) is 0.688. The Bertz CT molecular complexity index is 82.0. The third-order valence-electron chi connectivity index (χ3n) is 0.659. The molecule has 0 spiro atoms. The molecule has 0 bridgehead atoms. The minimum absolute atomic E-state index is 0.194. The molecule has 3 nitrogen and oxygen atoms in total. The Morgan fingerprint density at radius 3 is 2.00 bits per heavy atom. The molecule has 0 aliphatic rings. The summed E-state index contributed by atoms with van der Waals surface area (Å²) < 4.78 is 0. The van der Waals surface area contributed by atoms with Gasteiger partial charge in [-0.2, -0.15) is 10.9 Å². The topological polar surface area (TPSA) is 40.5 Å². The maximum Gasteiger partial charge on any atom is 0.284 e. The Balaban J connectivity index is 3.65. The van der Waals surface area contributed by atoms with E-state index in [-0.39, 0.29) is 5.24 Å². The van der Waals surface area contributed by atoms with Crippen molar-refractivity contribution in [3.63, 3.8) is 0 Å². The number of hydroxylamine groups is 2. The SMILES string of the molecule is CN(O)C(=O)[SH](C)C. The van der Waals surface area contributed by atoms with E-state index in [0.717, 1.165) is 0 Å². The number of hydrogen-bond donors (Lipinski definition) is 2. The molecule has 1 N–H and O–H groups in total. The molecule has 4 heteroatoms. The monoisotopic (exact) mass is 137 g/mol. The van der Waals surface area contributed by atoms with Crippen molar-refractivity contribution in [2.45, 2.75) is 0 Å². The average Bonchev–Trinajstić information content (AvgIpc) is 1.64. The van der Waals surface area contributed by atoms with E-state index < -0.39 is 10.9 Å². The number of carbonyl (C=O) groups is 1. The normalized spacial score (nSPS) is 10.8. The van der Waals surface area contributed by atoms with Crippen LogP contribution in [0.1, 0.15) is 0 Å². The molecule has 0 atom stereocenters. The Hall–Kier alpha value is -0.220. The minimum Gasteiger partial charge on any atom is -0.286 e.